The molecule has 0 N–H and O–H groups in total. The normalized spacial score (nSPS) is 10.3. The molecule has 0 amide bonds. The van der Waals surface area contributed by atoms with Crippen molar-refractivity contribution >= 4 is 11.6 Å². The predicted molar refractivity (Wildman–Crippen MR) is 58.0 cm³/mol. The van der Waals surface area contributed by atoms with Crippen LogP contribution in [0.5, 0.6) is 5.75 Å². The molecule has 0 atom stereocenters. The Morgan fingerprint density at radius 3 is 2.80 bits per heavy atom. The van der Waals surface area contributed by atoms with Crippen molar-refractivity contribution in [2.75, 3.05) is 7.11 Å². The van der Waals surface area contributed by atoms with Gasteiger partial charge >= 0.3 is 0 Å². The molecule has 0 bridgehead atoms. The molecule has 0 spiro atoms. The van der Waals surface area contributed by atoms with Crippen LogP contribution in [0.3, 0.4) is 0 Å². The number of hydrogen-bond donors (Lipinski definition) is 0. The number of aromatic nitrogens is 3. The lowest BCUT2D eigenvalue weighted by Crippen LogP contribution is -1.90. The highest BCUT2D eigenvalue weighted by molar-refractivity contribution is 6.28. The van der Waals surface area contributed by atoms with Crippen LogP contribution < -0.4 is 4.74 Å². The predicted octanol–water partition coefficient (Wildman–Crippen LogP) is 2.14. The van der Waals surface area contributed by atoms with Gasteiger partial charge in [-0.05, 0) is 23.7 Å². The first-order valence-electron chi connectivity index (χ1n) is 4.41. The number of nitrogens with zero attached hydrogens (tertiary/aromatic N) is 3. The van der Waals surface area contributed by atoms with Gasteiger partial charge in [0.2, 0.25) is 5.28 Å². The molecule has 4 nitrogen and oxygen atoms in total. The number of ether oxygens (including phenoxy) is 1. The highest BCUT2D eigenvalue weighted by Gasteiger charge is 2.07. The SMILES string of the molecule is COc1cccc(-c2nc(Cl)n(C)n2)c1. The monoisotopic (exact) mass is 223 g/mol. The third-order valence-electron chi connectivity index (χ3n) is 2.04. The van der Waals surface area contributed by atoms with Gasteiger partial charge in [-0.3, -0.25) is 0 Å². The lowest BCUT2D eigenvalue weighted by Gasteiger charge is -2.00. The Morgan fingerprint density at radius 2 is 2.20 bits per heavy atom. The van der Waals surface area contributed by atoms with E-state index in [2.05, 4.69) is 10.1 Å². The first-order valence-corrected chi connectivity index (χ1v) is 4.79. The summed E-state index contributed by atoms with van der Waals surface area (Å²) >= 11 is 5.81. The second-order valence-electron chi connectivity index (χ2n) is 3.06. The van der Waals surface area contributed by atoms with Crippen LogP contribution in [0.4, 0.5) is 0 Å². The standard InChI is InChI=1S/C10H10ClN3O/c1-14-10(11)12-9(13-14)7-4-3-5-8(6-7)15-2/h3-6H,1-2H3. The third kappa shape index (κ3) is 1.94. The molecule has 0 aliphatic rings. The molecule has 0 saturated carbocycles. The van der Waals surface area contributed by atoms with E-state index < -0.39 is 0 Å². The van der Waals surface area contributed by atoms with Crippen LogP contribution in [0.25, 0.3) is 11.4 Å². The third-order valence-corrected chi connectivity index (χ3v) is 2.37. The van der Waals surface area contributed by atoms with E-state index in [1.54, 1.807) is 14.2 Å². The summed E-state index contributed by atoms with van der Waals surface area (Å²) in [5, 5.41) is 4.54. The fourth-order valence-corrected chi connectivity index (χ4v) is 1.37. The molecule has 1 aromatic heterocycles. The number of aryl methyl sites for hydroxylation is 1. The number of halogens is 1. The quantitative estimate of drug-likeness (QED) is 0.783. The summed E-state index contributed by atoms with van der Waals surface area (Å²) in [6.07, 6.45) is 0. The van der Waals surface area contributed by atoms with Gasteiger partial charge in [-0.15, -0.1) is 5.10 Å². The zero-order chi connectivity index (χ0) is 10.8. The van der Waals surface area contributed by atoms with Gasteiger partial charge in [-0.1, -0.05) is 12.1 Å². The number of methoxy groups -OCH3 is 1. The Bertz CT molecular complexity index is 462. The molecule has 0 saturated heterocycles. The lowest BCUT2D eigenvalue weighted by atomic mass is 10.2. The fourth-order valence-electron chi connectivity index (χ4n) is 1.25. The van der Waals surface area contributed by atoms with Crippen molar-refractivity contribution in [3.63, 3.8) is 0 Å². The minimum atomic E-state index is 0.368. The van der Waals surface area contributed by atoms with E-state index in [9.17, 15) is 0 Å². The summed E-state index contributed by atoms with van der Waals surface area (Å²) in [5.41, 5.74) is 0.886. The average Bonchev–Trinajstić information content (AvgIpc) is 2.59. The highest BCUT2D eigenvalue weighted by Crippen LogP contribution is 2.21. The molecule has 2 aromatic rings. The van der Waals surface area contributed by atoms with Crippen LogP contribution in [-0.2, 0) is 7.05 Å². The Hall–Kier alpha value is -1.55. The van der Waals surface area contributed by atoms with E-state index in [0.29, 0.717) is 11.1 Å². The van der Waals surface area contributed by atoms with Crippen LogP contribution in [0.1, 0.15) is 0 Å². The molecular weight excluding hydrogens is 214 g/mol. The summed E-state index contributed by atoms with van der Waals surface area (Å²) in [6, 6.07) is 7.53. The molecular formula is C10H10ClN3O. The molecule has 2 rings (SSSR count). The Balaban J connectivity index is 2.44. The number of hydrogen-bond acceptors (Lipinski definition) is 3. The molecule has 5 heteroatoms. The molecule has 1 heterocycles. The summed E-state index contributed by atoms with van der Waals surface area (Å²) in [7, 11) is 3.37. The maximum absolute atomic E-state index is 5.81. The maximum Gasteiger partial charge on any atom is 0.221 e. The van der Waals surface area contributed by atoms with Crippen molar-refractivity contribution < 1.29 is 4.74 Å². The van der Waals surface area contributed by atoms with E-state index in [0.717, 1.165) is 11.3 Å². The zero-order valence-corrected chi connectivity index (χ0v) is 9.19. The largest absolute Gasteiger partial charge is 0.497 e. The van der Waals surface area contributed by atoms with Crippen molar-refractivity contribution in [3.05, 3.63) is 29.5 Å². The lowest BCUT2D eigenvalue weighted by molar-refractivity contribution is 0.415. The molecule has 0 unspecified atom stereocenters. The van der Waals surface area contributed by atoms with E-state index in [4.69, 9.17) is 16.3 Å². The van der Waals surface area contributed by atoms with E-state index in [1.165, 1.54) is 4.68 Å². The molecule has 1 aromatic carbocycles. The van der Waals surface area contributed by atoms with Gasteiger partial charge in [-0.2, -0.15) is 4.98 Å². The van der Waals surface area contributed by atoms with Crippen molar-refractivity contribution in [2.24, 2.45) is 7.05 Å². The van der Waals surface area contributed by atoms with Crippen LogP contribution in [0.15, 0.2) is 24.3 Å². The van der Waals surface area contributed by atoms with E-state index in [-0.39, 0.29) is 0 Å². The second-order valence-corrected chi connectivity index (χ2v) is 3.40. The van der Waals surface area contributed by atoms with Crippen molar-refractivity contribution in [3.8, 4) is 17.1 Å². The van der Waals surface area contributed by atoms with Crippen molar-refractivity contribution in [2.45, 2.75) is 0 Å². The molecule has 0 aliphatic heterocycles. The van der Waals surface area contributed by atoms with Gasteiger partial charge in [0.05, 0.1) is 7.11 Å². The minimum absolute atomic E-state index is 0.368. The zero-order valence-electron chi connectivity index (χ0n) is 8.44. The van der Waals surface area contributed by atoms with Gasteiger partial charge in [0.15, 0.2) is 5.82 Å². The van der Waals surface area contributed by atoms with Gasteiger partial charge < -0.3 is 4.74 Å². The Morgan fingerprint density at radius 1 is 1.40 bits per heavy atom. The van der Waals surface area contributed by atoms with Crippen molar-refractivity contribution in [1.82, 2.24) is 14.8 Å². The second kappa shape index (κ2) is 3.90. The fraction of sp³-hybridized carbons (Fsp3) is 0.200. The topological polar surface area (TPSA) is 39.9 Å². The van der Waals surface area contributed by atoms with Gasteiger partial charge in [-0.25, -0.2) is 4.68 Å². The minimum Gasteiger partial charge on any atom is -0.497 e. The Labute approximate surface area is 92.5 Å². The molecule has 0 radical (unpaired) electrons. The van der Waals surface area contributed by atoms with E-state index >= 15 is 0 Å². The van der Waals surface area contributed by atoms with Crippen LogP contribution in [0, 0.1) is 0 Å². The smallest absolute Gasteiger partial charge is 0.221 e. The summed E-state index contributed by atoms with van der Waals surface area (Å²) in [5.74, 6) is 1.37. The summed E-state index contributed by atoms with van der Waals surface area (Å²) in [4.78, 5) is 4.12. The maximum atomic E-state index is 5.81. The van der Waals surface area contributed by atoms with Gasteiger partial charge in [0, 0.05) is 12.6 Å². The Kier molecular flexibility index (Phi) is 2.60. The molecule has 0 fully saturated rings. The number of benzene rings is 1. The summed E-state index contributed by atoms with van der Waals surface area (Å²) < 4.78 is 6.64. The number of rotatable bonds is 2. The first-order chi connectivity index (χ1) is 7.20. The summed E-state index contributed by atoms with van der Waals surface area (Å²) in [6.45, 7) is 0. The van der Waals surface area contributed by atoms with Crippen LogP contribution >= 0.6 is 11.6 Å². The highest BCUT2D eigenvalue weighted by atomic mass is 35.5. The van der Waals surface area contributed by atoms with Gasteiger partial charge in [0.25, 0.3) is 0 Å². The van der Waals surface area contributed by atoms with E-state index in [1.807, 2.05) is 24.3 Å². The molecule has 15 heavy (non-hydrogen) atoms. The van der Waals surface area contributed by atoms with Crippen LogP contribution in [-0.4, -0.2) is 21.9 Å². The average molecular weight is 224 g/mol. The first kappa shape index (κ1) is 9.98. The van der Waals surface area contributed by atoms with Gasteiger partial charge in [0.1, 0.15) is 5.75 Å². The van der Waals surface area contributed by atoms with Crippen molar-refractivity contribution in [1.29, 1.82) is 0 Å². The molecule has 0 aliphatic carbocycles. The molecule has 78 valence electrons. The van der Waals surface area contributed by atoms with Crippen LogP contribution in [0.2, 0.25) is 5.28 Å².